The number of sulfonamides is 1. The van der Waals surface area contributed by atoms with Gasteiger partial charge in [0.25, 0.3) is 5.91 Å². The summed E-state index contributed by atoms with van der Waals surface area (Å²) in [4.78, 5) is 12.0. The van der Waals surface area contributed by atoms with Crippen LogP contribution >= 0.6 is 11.6 Å². The monoisotopic (exact) mass is 386 g/mol. The molecule has 2 aromatic carbocycles. The molecule has 134 valence electrons. The Morgan fingerprint density at radius 3 is 2.60 bits per heavy atom. The summed E-state index contributed by atoms with van der Waals surface area (Å²) in [6.07, 6.45) is 0. The van der Waals surface area contributed by atoms with Crippen LogP contribution in [0.1, 0.15) is 5.56 Å². The third kappa shape index (κ3) is 4.91. The van der Waals surface area contributed by atoms with Crippen LogP contribution in [-0.2, 0) is 14.8 Å². The van der Waals surface area contributed by atoms with E-state index in [1.54, 1.807) is 19.1 Å². The highest BCUT2D eigenvalue weighted by Gasteiger charge is 2.16. The summed E-state index contributed by atoms with van der Waals surface area (Å²) in [6, 6.07) is 8.25. The van der Waals surface area contributed by atoms with Crippen LogP contribution in [0.15, 0.2) is 41.3 Å². The van der Waals surface area contributed by atoms with Gasteiger partial charge in [-0.05, 0) is 43.8 Å². The van der Waals surface area contributed by atoms with Crippen molar-refractivity contribution in [1.29, 1.82) is 0 Å². The molecule has 0 saturated carbocycles. The topological polar surface area (TPSA) is 84.5 Å². The normalized spacial score (nSPS) is 11.2. The fourth-order valence-electron chi connectivity index (χ4n) is 1.99. The third-order valence-corrected chi connectivity index (χ3v) is 5.14. The fraction of sp³-hybridized carbons (Fsp3) is 0.188. The maximum absolute atomic E-state index is 13.1. The Kier molecular flexibility index (Phi) is 5.99. The molecule has 0 unspecified atom stereocenters. The molecular weight excluding hydrogens is 371 g/mol. The highest BCUT2D eigenvalue weighted by Crippen LogP contribution is 2.22. The van der Waals surface area contributed by atoms with Gasteiger partial charge in [0.1, 0.15) is 11.6 Å². The number of anilines is 1. The third-order valence-electron chi connectivity index (χ3n) is 3.29. The van der Waals surface area contributed by atoms with E-state index in [0.717, 1.165) is 6.07 Å². The number of nitrogens with one attached hydrogen (secondary N) is 2. The predicted octanol–water partition coefficient (Wildman–Crippen LogP) is 2.71. The minimum Gasteiger partial charge on any atom is -0.484 e. The lowest BCUT2D eigenvalue weighted by molar-refractivity contribution is -0.118. The molecular formula is C16H16ClFN2O4S. The molecule has 0 aliphatic rings. The number of hydrogen-bond donors (Lipinski definition) is 2. The van der Waals surface area contributed by atoms with Gasteiger partial charge in [-0.2, -0.15) is 0 Å². The van der Waals surface area contributed by atoms with Crippen LogP contribution in [0.4, 0.5) is 10.1 Å². The van der Waals surface area contributed by atoms with Gasteiger partial charge in [-0.25, -0.2) is 17.5 Å². The Hall–Kier alpha value is -2.16. The van der Waals surface area contributed by atoms with Gasteiger partial charge >= 0.3 is 0 Å². The van der Waals surface area contributed by atoms with Crippen LogP contribution in [0, 0.1) is 12.7 Å². The highest BCUT2D eigenvalue weighted by atomic mass is 35.5. The van der Waals surface area contributed by atoms with Gasteiger partial charge in [-0.1, -0.05) is 17.7 Å². The van der Waals surface area contributed by atoms with Crippen molar-refractivity contribution in [2.24, 2.45) is 0 Å². The zero-order valence-corrected chi connectivity index (χ0v) is 15.0. The second kappa shape index (κ2) is 7.81. The number of carbonyl (C=O) groups is 1. The molecule has 0 radical (unpaired) electrons. The van der Waals surface area contributed by atoms with E-state index < -0.39 is 21.7 Å². The van der Waals surface area contributed by atoms with Gasteiger partial charge in [0.2, 0.25) is 10.0 Å². The minimum atomic E-state index is -3.63. The van der Waals surface area contributed by atoms with Crippen LogP contribution in [-0.4, -0.2) is 28.0 Å². The van der Waals surface area contributed by atoms with Crippen molar-refractivity contribution in [2.45, 2.75) is 11.8 Å². The number of carbonyl (C=O) groups excluding carboxylic acids is 1. The van der Waals surface area contributed by atoms with Gasteiger partial charge in [0, 0.05) is 11.8 Å². The number of rotatable bonds is 6. The fourth-order valence-corrected chi connectivity index (χ4v) is 3.15. The van der Waals surface area contributed by atoms with E-state index in [4.69, 9.17) is 16.3 Å². The molecule has 2 aromatic rings. The molecule has 0 aliphatic carbocycles. The molecule has 0 aliphatic heterocycles. The average Bonchev–Trinajstić information content (AvgIpc) is 2.57. The van der Waals surface area contributed by atoms with E-state index >= 15 is 0 Å². The second-order valence-corrected chi connectivity index (χ2v) is 7.36. The van der Waals surface area contributed by atoms with Crippen molar-refractivity contribution in [3.63, 3.8) is 0 Å². The van der Waals surface area contributed by atoms with Gasteiger partial charge in [0.05, 0.1) is 9.92 Å². The molecule has 2 N–H and O–H groups in total. The summed E-state index contributed by atoms with van der Waals surface area (Å²) >= 11 is 5.63. The van der Waals surface area contributed by atoms with Crippen molar-refractivity contribution in [3.8, 4) is 5.75 Å². The van der Waals surface area contributed by atoms with Gasteiger partial charge in [0.15, 0.2) is 6.61 Å². The molecule has 0 aromatic heterocycles. The largest absolute Gasteiger partial charge is 0.484 e. The van der Waals surface area contributed by atoms with Crippen molar-refractivity contribution in [2.75, 3.05) is 19.0 Å². The lowest BCUT2D eigenvalue weighted by Gasteiger charge is -2.11. The predicted molar refractivity (Wildman–Crippen MR) is 93.0 cm³/mol. The van der Waals surface area contributed by atoms with E-state index in [0.29, 0.717) is 11.3 Å². The van der Waals surface area contributed by atoms with E-state index in [-0.39, 0.29) is 22.3 Å². The summed E-state index contributed by atoms with van der Waals surface area (Å²) in [5.74, 6) is -0.850. The molecule has 0 bridgehead atoms. The molecule has 25 heavy (non-hydrogen) atoms. The number of amides is 1. The second-order valence-electron chi connectivity index (χ2n) is 5.10. The van der Waals surface area contributed by atoms with Crippen LogP contribution in [0.25, 0.3) is 0 Å². The quantitative estimate of drug-likeness (QED) is 0.799. The molecule has 0 spiro atoms. The van der Waals surface area contributed by atoms with Crippen molar-refractivity contribution in [3.05, 3.63) is 52.8 Å². The van der Waals surface area contributed by atoms with Crippen LogP contribution in [0.5, 0.6) is 5.75 Å². The summed E-state index contributed by atoms with van der Waals surface area (Å²) in [7, 11) is -2.33. The first-order valence-electron chi connectivity index (χ1n) is 7.15. The Labute approximate surface area is 150 Å². The maximum atomic E-state index is 13.1. The summed E-state index contributed by atoms with van der Waals surface area (Å²) in [5.41, 5.74) is 0.856. The Morgan fingerprint density at radius 2 is 1.96 bits per heavy atom. The summed E-state index contributed by atoms with van der Waals surface area (Å²) < 4.78 is 44.4. The first-order chi connectivity index (χ1) is 11.7. The Morgan fingerprint density at radius 1 is 1.24 bits per heavy atom. The summed E-state index contributed by atoms with van der Waals surface area (Å²) in [5, 5.41) is 2.43. The lowest BCUT2D eigenvalue weighted by atomic mass is 10.2. The van der Waals surface area contributed by atoms with Crippen LogP contribution < -0.4 is 14.8 Å². The smallest absolute Gasteiger partial charge is 0.262 e. The van der Waals surface area contributed by atoms with E-state index in [1.807, 2.05) is 0 Å². The SMILES string of the molecule is CNS(=O)(=O)c1cc(NC(=O)COc2ccc(F)c(Cl)c2)ccc1C. The Balaban J connectivity index is 2.05. The van der Waals surface area contributed by atoms with Crippen molar-refractivity contribution >= 4 is 33.2 Å². The molecule has 6 nitrogen and oxygen atoms in total. The lowest BCUT2D eigenvalue weighted by Crippen LogP contribution is -2.22. The number of halogens is 2. The van der Waals surface area contributed by atoms with E-state index in [1.165, 1.54) is 25.2 Å². The zero-order chi connectivity index (χ0) is 18.6. The number of ether oxygens (including phenoxy) is 1. The van der Waals surface area contributed by atoms with Crippen LogP contribution in [0.3, 0.4) is 0 Å². The first kappa shape index (κ1) is 19.2. The Bertz CT molecular complexity index is 903. The van der Waals surface area contributed by atoms with Gasteiger partial charge < -0.3 is 10.1 Å². The minimum absolute atomic E-state index is 0.0686. The molecule has 0 heterocycles. The molecule has 2 rings (SSSR count). The van der Waals surface area contributed by atoms with Gasteiger partial charge in [-0.3, -0.25) is 4.79 Å². The standard InChI is InChI=1S/C16H16ClFN2O4S/c1-10-3-4-11(7-15(10)25(22,23)19-2)20-16(21)9-24-12-5-6-14(18)13(17)8-12/h3-8,19H,9H2,1-2H3,(H,20,21). The average molecular weight is 387 g/mol. The van der Waals surface area contributed by atoms with Gasteiger partial charge in [-0.15, -0.1) is 0 Å². The van der Waals surface area contributed by atoms with E-state index in [9.17, 15) is 17.6 Å². The zero-order valence-electron chi connectivity index (χ0n) is 13.5. The van der Waals surface area contributed by atoms with E-state index in [2.05, 4.69) is 10.0 Å². The maximum Gasteiger partial charge on any atom is 0.262 e. The van der Waals surface area contributed by atoms with Crippen molar-refractivity contribution in [1.82, 2.24) is 4.72 Å². The molecule has 9 heteroatoms. The first-order valence-corrected chi connectivity index (χ1v) is 9.01. The molecule has 0 atom stereocenters. The highest BCUT2D eigenvalue weighted by molar-refractivity contribution is 7.89. The number of benzene rings is 2. The molecule has 0 saturated heterocycles. The summed E-state index contributed by atoms with van der Waals surface area (Å²) in [6.45, 7) is 1.31. The molecule has 1 amide bonds. The number of aryl methyl sites for hydroxylation is 1. The molecule has 0 fully saturated rings. The van der Waals surface area contributed by atoms with Crippen LogP contribution in [0.2, 0.25) is 5.02 Å². The number of hydrogen-bond acceptors (Lipinski definition) is 4. The van der Waals surface area contributed by atoms with Crippen molar-refractivity contribution < 1.29 is 22.3 Å².